The van der Waals surface area contributed by atoms with Crippen molar-refractivity contribution in [2.24, 2.45) is 0 Å². The average molecular weight is 529 g/mol. The number of para-hydroxylation sites is 3. The first kappa shape index (κ1) is 23.6. The number of hydrogen-bond donors (Lipinski definition) is 0. The van der Waals surface area contributed by atoms with E-state index in [-0.39, 0.29) is 0 Å². The lowest BCUT2D eigenvalue weighted by Crippen LogP contribution is -2.00. The molecule has 4 nitrogen and oxygen atoms in total. The van der Waals surface area contributed by atoms with Gasteiger partial charge in [-0.1, -0.05) is 73.7 Å². The zero-order valence-electron chi connectivity index (χ0n) is 23.0. The van der Waals surface area contributed by atoms with Gasteiger partial charge in [0.05, 0.1) is 22.2 Å². The van der Waals surface area contributed by atoms with Gasteiger partial charge in [-0.25, -0.2) is 9.97 Å². The highest BCUT2D eigenvalue weighted by molar-refractivity contribution is 6.12. The van der Waals surface area contributed by atoms with Crippen molar-refractivity contribution in [3.8, 4) is 22.5 Å². The molecule has 8 rings (SSSR count). The lowest BCUT2D eigenvalue weighted by atomic mass is 10.00. The fraction of sp³-hybridized carbons (Fsp3) is 0.0811. The molecule has 0 saturated carbocycles. The van der Waals surface area contributed by atoms with E-state index >= 15 is 0 Å². The summed E-state index contributed by atoms with van der Waals surface area (Å²) in [6, 6.07) is 43.5. The van der Waals surface area contributed by atoms with Gasteiger partial charge < -0.3 is 4.57 Å². The van der Waals surface area contributed by atoms with E-state index in [1.54, 1.807) is 0 Å². The number of benzene rings is 5. The van der Waals surface area contributed by atoms with Crippen molar-refractivity contribution >= 4 is 43.7 Å². The van der Waals surface area contributed by atoms with Crippen LogP contribution in [0.4, 0.5) is 0 Å². The summed E-state index contributed by atoms with van der Waals surface area (Å²) in [5.41, 5.74) is 10.3. The number of aryl methyl sites for hydroxylation is 2. The Morgan fingerprint density at radius 3 is 1.78 bits per heavy atom. The van der Waals surface area contributed by atoms with Crippen LogP contribution in [0.2, 0.25) is 0 Å². The summed E-state index contributed by atoms with van der Waals surface area (Å²) in [6.45, 7) is 4.16. The molecule has 0 bridgehead atoms. The minimum absolute atomic E-state index is 0.801. The van der Waals surface area contributed by atoms with Crippen molar-refractivity contribution in [2.45, 2.75) is 20.3 Å². The molecule has 0 saturated heterocycles. The Bertz CT molecular complexity index is 2240. The van der Waals surface area contributed by atoms with E-state index < -0.39 is 0 Å². The maximum Gasteiger partial charge on any atom is 0.149 e. The normalized spacial score (nSPS) is 11.8. The zero-order chi connectivity index (χ0) is 27.5. The van der Waals surface area contributed by atoms with Crippen molar-refractivity contribution in [3.63, 3.8) is 0 Å². The van der Waals surface area contributed by atoms with Gasteiger partial charge >= 0.3 is 0 Å². The minimum Gasteiger partial charge on any atom is -0.309 e. The third-order valence-corrected chi connectivity index (χ3v) is 8.16. The van der Waals surface area contributed by atoms with Gasteiger partial charge in [0.15, 0.2) is 0 Å². The third-order valence-electron chi connectivity index (χ3n) is 8.16. The van der Waals surface area contributed by atoms with Gasteiger partial charge in [-0.2, -0.15) is 0 Å². The molecule has 41 heavy (non-hydrogen) atoms. The number of fused-ring (bicyclic) bond motifs is 6. The molecule has 0 fully saturated rings. The highest BCUT2D eigenvalue weighted by Gasteiger charge is 2.19. The molecule has 3 heterocycles. The Labute approximate surface area is 238 Å². The van der Waals surface area contributed by atoms with Gasteiger partial charge in [0, 0.05) is 32.9 Å². The summed E-state index contributed by atoms with van der Waals surface area (Å²) in [6.07, 6.45) is 0.850. The Hall–Kier alpha value is -5.22. The standard InChI is InChI=1S/C37H28N4/c1-3-32-36-31-23-26(19-21-35(31)41(28-14-8-5-9-15-28)37(36)39-24(2)38-32)25-18-20-34-30(22-25)29-16-10-11-17-33(29)40(34)27-12-6-4-7-13-27/h4-23H,3H2,1-2H3. The molecule has 196 valence electrons. The second-order valence-corrected chi connectivity index (χ2v) is 10.6. The Morgan fingerprint density at radius 1 is 0.537 bits per heavy atom. The van der Waals surface area contributed by atoms with Crippen molar-refractivity contribution < 1.29 is 0 Å². The van der Waals surface area contributed by atoms with Crippen molar-refractivity contribution in [2.75, 3.05) is 0 Å². The monoisotopic (exact) mass is 528 g/mol. The lowest BCUT2D eigenvalue weighted by Gasteiger charge is -2.09. The zero-order valence-corrected chi connectivity index (χ0v) is 23.0. The first-order valence-electron chi connectivity index (χ1n) is 14.2. The van der Waals surface area contributed by atoms with E-state index in [4.69, 9.17) is 9.97 Å². The Morgan fingerprint density at radius 2 is 1.10 bits per heavy atom. The van der Waals surface area contributed by atoms with Crippen LogP contribution in [0, 0.1) is 6.92 Å². The average Bonchev–Trinajstić information content (AvgIpc) is 3.53. The van der Waals surface area contributed by atoms with Crippen LogP contribution in [0.15, 0.2) is 121 Å². The summed E-state index contributed by atoms with van der Waals surface area (Å²) < 4.78 is 4.64. The van der Waals surface area contributed by atoms with E-state index in [2.05, 4.69) is 137 Å². The lowest BCUT2D eigenvalue weighted by molar-refractivity contribution is 0.968. The molecule has 0 spiro atoms. The molecule has 0 atom stereocenters. The summed E-state index contributed by atoms with van der Waals surface area (Å²) in [5.74, 6) is 0.801. The van der Waals surface area contributed by atoms with Crippen LogP contribution in [0.5, 0.6) is 0 Å². The fourth-order valence-corrected chi connectivity index (χ4v) is 6.38. The number of hydrogen-bond acceptors (Lipinski definition) is 2. The van der Waals surface area contributed by atoms with E-state index in [1.807, 2.05) is 6.92 Å². The molecule has 0 aliphatic carbocycles. The molecular formula is C37H28N4. The molecule has 0 aliphatic rings. The second-order valence-electron chi connectivity index (χ2n) is 10.6. The van der Waals surface area contributed by atoms with Crippen LogP contribution in [-0.4, -0.2) is 19.1 Å². The van der Waals surface area contributed by atoms with Gasteiger partial charge in [-0.15, -0.1) is 0 Å². The SMILES string of the molecule is CCc1nc(C)nc2c1c1cc(-c3ccc4c(c3)c3ccccc3n4-c3ccccc3)ccc1n2-c1ccccc1. The van der Waals surface area contributed by atoms with Crippen molar-refractivity contribution in [3.05, 3.63) is 133 Å². The molecule has 0 unspecified atom stereocenters. The van der Waals surface area contributed by atoms with Crippen LogP contribution in [0.3, 0.4) is 0 Å². The third kappa shape index (κ3) is 3.61. The highest BCUT2D eigenvalue weighted by atomic mass is 15.1. The molecule has 0 radical (unpaired) electrons. The smallest absolute Gasteiger partial charge is 0.149 e. The number of rotatable bonds is 4. The number of nitrogens with zero attached hydrogens (tertiary/aromatic N) is 4. The van der Waals surface area contributed by atoms with Crippen LogP contribution in [0.25, 0.3) is 66.2 Å². The molecule has 4 heteroatoms. The fourth-order valence-electron chi connectivity index (χ4n) is 6.38. The van der Waals surface area contributed by atoms with E-state index in [9.17, 15) is 0 Å². The summed E-state index contributed by atoms with van der Waals surface area (Å²) >= 11 is 0. The van der Waals surface area contributed by atoms with Gasteiger partial charge in [-0.05, 0) is 79.1 Å². The summed E-state index contributed by atoms with van der Waals surface area (Å²) in [5, 5.41) is 4.83. The van der Waals surface area contributed by atoms with Crippen LogP contribution in [0.1, 0.15) is 18.4 Å². The Kier molecular flexibility index (Phi) is 5.29. The predicted octanol–water partition coefficient (Wildman–Crippen LogP) is 9.21. The van der Waals surface area contributed by atoms with E-state index in [0.29, 0.717) is 0 Å². The van der Waals surface area contributed by atoms with Crippen LogP contribution in [-0.2, 0) is 6.42 Å². The molecule has 0 N–H and O–H groups in total. The van der Waals surface area contributed by atoms with Crippen LogP contribution < -0.4 is 0 Å². The molecule has 3 aromatic heterocycles. The quantitative estimate of drug-likeness (QED) is 0.228. The molecule has 0 amide bonds. The van der Waals surface area contributed by atoms with Crippen molar-refractivity contribution in [1.82, 2.24) is 19.1 Å². The first-order valence-corrected chi connectivity index (χ1v) is 14.2. The summed E-state index contributed by atoms with van der Waals surface area (Å²) in [4.78, 5) is 9.81. The molecule has 0 aliphatic heterocycles. The minimum atomic E-state index is 0.801. The first-order chi connectivity index (χ1) is 20.2. The molecule has 8 aromatic rings. The predicted molar refractivity (Wildman–Crippen MR) is 170 cm³/mol. The topological polar surface area (TPSA) is 35.6 Å². The maximum atomic E-state index is 4.96. The maximum absolute atomic E-state index is 4.96. The molecule has 5 aromatic carbocycles. The number of aromatic nitrogens is 4. The second kappa shape index (κ2) is 9.17. The Balaban J connectivity index is 1.39. The van der Waals surface area contributed by atoms with Crippen molar-refractivity contribution in [1.29, 1.82) is 0 Å². The summed E-state index contributed by atoms with van der Waals surface area (Å²) in [7, 11) is 0. The van der Waals surface area contributed by atoms with Gasteiger partial charge in [0.25, 0.3) is 0 Å². The largest absolute Gasteiger partial charge is 0.309 e. The van der Waals surface area contributed by atoms with E-state index in [1.165, 1.54) is 44.0 Å². The highest BCUT2D eigenvalue weighted by Crippen LogP contribution is 2.38. The molecular weight excluding hydrogens is 500 g/mol. The van der Waals surface area contributed by atoms with Crippen LogP contribution >= 0.6 is 0 Å². The van der Waals surface area contributed by atoms with Gasteiger partial charge in [-0.3, -0.25) is 4.57 Å². The van der Waals surface area contributed by atoms with Gasteiger partial charge in [0.2, 0.25) is 0 Å². The van der Waals surface area contributed by atoms with Gasteiger partial charge in [0.1, 0.15) is 11.5 Å². The van der Waals surface area contributed by atoms with E-state index in [0.717, 1.165) is 40.2 Å².